The molecule has 0 bridgehead atoms. The number of ketones is 1. The van der Waals surface area contributed by atoms with E-state index in [0.717, 1.165) is 28.7 Å². The van der Waals surface area contributed by atoms with Gasteiger partial charge in [-0.2, -0.15) is 0 Å². The molecule has 0 saturated heterocycles. The number of allylic oxidation sites excluding steroid dienone is 2. The number of benzene rings is 1. The summed E-state index contributed by atoms with van der Waals surface area (Å²) < 4.78 is 13.8. The minimum atomic E-state index is -0.582. The first-order valence-electron chi connectivity index (χ1n) is 11.5. The average Bonchev–Trinajstić information content (AvgIpc) is 3.23. The van der Waals surface area contributed by atoms with E-state index in [2.05, 4.69) is 26.1 Å². The summed E-state index contributed by atoms with van der Waals surface area (Å²) in [5.74, 6) is 1.17. The molecule has 0 fully saturated rings. The highest BCUT2D eigenvalue weighted by Gasteiger charge is 2.43. The van der Waals surface area contributed by atoms with Crippen LogP contribution < -0.4 is 26.0 Å². The van der Waals surface area contributed by atoms with Crippen LogP contribution in [0.5, 0.6) is 11.5 Å². The Balaban J connectivity index is 1.80. The zero-order valence-corrected chi connectivity index (χ0v) is 19.5. The molecular weight excluding hydrogens is 422 g/mol. The molecule has 3 aliphatic rings. The largest absolute Gasteiger partial charge is 0.454 e. The quantitative estimate of drug-likeness (QED) is 0.767. The molecule has 1 aromatic heterocycles. The highest BCUT2D eigenvalue weighted by molar-refractivity contribution is 6.01. The first-order chi connectivity index (χ1) is 15.7. The van der Waals surface area contributed by atoms with Crippen LogP contribution in [0.3, 0.4) is 0 Å². The van der Waals surface area contributed by atoms with Crippen molar-refractivity contribution < 1.29 is 14.3 Å². The number of fused-ring (bicyclic) bond motifs is 2. The molecule has 8 nitrogen and oxygen atoms in total. The average molecular weight is 452 g/mol. The lowest BCUT2D eigenvalue weighted by Gasteiger charge is -2.39. The molecule has 1 aromatic carbocycles. The van der Waals surface area contributed by atoms with Crippen molar-refractivity contribution in [1.29, 1.82) is 0 Å². The Morgan fingerprint density at radius 1 is 1.12 bits per heavy atom. The van der Waals surface area contributed by atoms with Crippen LogP contribution in [0.4, 0.5) is 5.82 Å². The Kier molecular flexibility index (Phi) is 4.99. The van der Waals surface area contributed by atoms with E-state index in [1.54, 1.807) is 4.57 Å². The molecule has 0 spiro atoms. The van der Waals surface area contributed by atoms with Crippen molar-refractivity contribution >= 4 is 11.6 Å². The number of ether oxygens (including phenoxy) is 2. The molecule has 0 radical (unpaired) electrons. The Hall–Kier alpha value is -3.29. The van der Waals surface area contributed by atoms with Crippen molar-refractivity contribution in [1.82, 2.24) is 9.13 Å². The van der Waals surface area contributed by atoms with Crippen molar-refractivity contribution in [2.24, 2.45) is 12.5 Å². The number of nitrogens with one attached hydrogen (secondary N) is 1. The predicted octanol–water partition coefficient (Wildman–Crippen LogP) is 3.28. The van der Waals surface area contributed by atoms with Gasteiger partial charge < -0.3 is 14.8 Å². The lowest BCUT2D eigenvalue weighted by molar-refractivity contribution is -0.118. The fourth-order valence-corrected chi connectivity index (χ4v) is 5.20. The van der Waals surface area contributed by atoms with Crippen LogP contribution in [0, 0.1) is 5.41 Å². The molecular formula is C25H29N3O5. The smallest absolute Gasteiger partial charge is 0.332 e. The van der Waals surface area contributed by atoms with Crippen LogP contribution in [-0.2, 0) is 18.4 Å². The first kappa shape index (κ1) is 21.6. The van der Waals surface area contributed by atoms with E-state index in [4.69, 9.17) is 9.47 Å². The van der Waals surface area contributed by atoms with E-state index < -0.39 is 5.92 Å². The second-order valence-corrected chi connectivity index (χ2v) is 9.92. The third kappa shape index (κ3) is 3.39. The highest BCUT2D eigenvalue weighted by Crippen LogP contribution is 2.49. The summed E-state index contributed by atoms with van der Waals surface area (Å²) in [6.45, 7) is 6.82. The maximum Gasteiger partial charge on any atom is 0.332 e. The zero-order valence-electron chi connectivity index (χ0n) is 19.5. The van der Waals surface area contributed by atoms with Gasteiger partial charge in [0.25, 0.3) is 5.56 Å². The number of rotatable bonds is 4. The van der Waals surface area contributed by atoms with E-state index in [1.165, 1.54) is 7.05 Å². The van der Waals surface area contributed by atoms with Gasteiger partial charge in [0.2, 0.25) is 6.79 Å². The van der Waals surface area contributed by atoms with Gasteiger partial charge in [-0.25, -0.2) is 4.79 Å². The Morgan fingerprint density at radius 3 is 2.64 bits per heavy atom. The van der Waals surface area contributed by atoms with E-state index in [0.29, 0.717) is 47.8 Å². The maximum absolute atomic E-state index is 13.5. The van der Waals surface area contributed by atoms with Crippen LogP contribution in [0.1, 0.15) is 63.5 Å². The Bertz CT molecular complexity index is 1310. The van der Waals surface area contributed by atoms with E-state index in [-0.39, 0.29) is 29.2 Å². The second-order valence-electron chi connectivity index (χ2n) is 9.92. The number of aromatic nitrogens is 2. The second kappa shape index (κ2) is 7.64. The summed E-state index contributed by atoms with van der Waals surface area (Å²) in [6, 6.07) is 5.54. The monoisotopic (exact) mass is 451 g/mol. The summed E-state index contributed by atoms with van der Waals surface area (Å²) in [5, 5.41) is 3.38. The standard InChI is InChI=1S/C25H29N3O5/c1-5-6-9-28-22-21(23(30)27(4)24(28)31)19(14-7-8-17-18(10-14)33-13-32-17)20-15(26-22)11-25(2,3)12-16(20)29/h7-8,10,19,26H,5-6,9,11-13H2,1-4H3. The number of carbonyl (C=O) groups is 1. The van der Waals surface area contributed by atoms with E-state index in [9.17, 15) is 14.4 Å². The van der Waals surface area contributed by atoms with E-state index in [1.807, 2.05) is 18.2 Å². The van der Waals surface area contributed by atoms with Crippen molar-refractivity contribution in [3.63, 3.8) is 0 Å². The summed E-state index contributed by atoms with van der Waals surface area (Å²) >= 11 is 0. The van der Waals surface area contributed by atoms with Crippen LogP contribution in [0.2, 0.25) is 0 Å². The van der Waals surface area contributed by atoms with Gasteiger partial charge in [-0.15, -0.1) is 0 Å². The van der Waals surface area contributed by atoms with Crippen LogP contribution in [0.25, 0.3) is 0 Å². The molecule has 1 unspecified atom stereocenters. The third-order valence-electron chi connectivity index (χ3n) is 6.81. The first-order valence-corrected chi connectivity index (χ1v) is 11.5. The fraction of sp³-hybridized carbons (Fsp3) is 0.480. The topological polar surface area (TPSA) is 91.6 Å². The maximum atomic E-state index is 13.5. The molecule has 174 valence electrons. The minimum Gasteiger partial charge on any atom is -0.454 e. The molecule has 1 aliphatic carbocycles. The SMILES string of the molecule is CCCCn1c2c(c(=O)n(C)c1=O)C(c1ccc3c(c1)OCO3)C1=C(CC(C)(C)CC1=O)N2. The number of carbonyl (C=O) groups excluding carboxylic acids is 1. The lowest BCUT2D eigenvalue weighted by atomic mass is 9.69. The van der Waals surface area contributed by atoms with Crippen LogP contribution in [0.15, 0.2) is 39.1 Å². The van der Waals surface area contributed by atoms with Crippen molar-refractivity contribution in [3.8, 4) is 11.5 Å². The molecule has 0 saturated carbocycles. The molecule has 3 heterocycles. The molecule has 1 atom stereocenters. The van der Waals surface area contributed by atoms with Crippen molar-refractivity contribution in [2.45, 2.75) is 58.9 Å². The molecule has 33 heavy (non-hydrogen) atoms. The van der Waals surface area contributed by atoms with Gasteiger partial charge in [0, 0.05) is 37.2 Å². The third-order valence-corrected chi connectivity index (χ3v) is 6.81. The molecule has 5 rings (SSSR count). The zero-order chi connectivity index (χ0) is 23.5. The van der Waals surface area contributed by atoms with E-state index >= 15 is 0 Å². The van der Waals surface area contributed by atoms with Crippen molar-refractivity contribution in [2.75, 3.05) is 12.1 Å². The summed E-state index contributed by atoms with van der Waals surface area (Å²) in [5.41, 5.74) is 1.66. The normalized spacial score (nSPS) is 20.4. The van der Waals surface area contributed by atoms with Gasteiger partial charge in [-0.05, 0) is 36.0 Å². The molecule has 2 aliphatic heterocycles. The predicted molar refractivity (Wildman–Crippen MR) is 124 cm³/mol. The summed E-state index contributed by atoms with van der Waals surface area (Å²) in [7, 11) is 1.50. The van der Waals surface area contributed by atoms with Gasteiger partial charge in [-0.3, -0.25) is 18.7 Å². The summed E-state index contributed by atoms with van der Waals surface area (Å²) in [4.78, 5) is 40.0. The Morgan fingerprint density at radius 2 is 1.88 bits per heavy atom. The molecule has 2 aromatic rings. The van der Waals surface area contributed by atoms with Crippen molar-refractivity contribution in [3.05, 3.63) is 61.4 Å². The number of anilines is 1. The number of hydrogen-bond donors (Lipinski definition) is 1. The van der Waals surface area contributed by atoms with Gasteiger partial charge >= 0.3 is 5.69 Å². The highest BCUT2D eigenvalue weighted by atomic mass is 16.7. The van der Waals surface area contributed by atoms with Gasteiger partial charge in [0.1, 0.15) is 5.82 Å². The fourth-order valence-electron chi connectivity index (χ4n) is 5.20. The van der Waals surface area contributed by atoms with Gasteiger partial charge in [0.05, 0.1) is 5.56 Å². The molecule has 0 amide bonds. The van der Waals surface area contributed by atoms with Gasteiger partial charge in [-0.1, -0.05) is 33.3 Å². The van der Waals surface area contributed by atoms with Gasteiger partial charge in [0.15, 0.2) is 17.3 Å². The molecule has 8 heteroatoms. The minimum absolute atomic E-state index is 0.0235. The Labute approximate surface area is 191 Å². The lowest BCUT2D eigenvalue weighted by Crippen LogP contribution is -2.45. The molecule has 1 N–H and O–H groups in total. The number of unbranched alkanes of at least 4 members (excludes halogenated alkanes) is 1. The number of hydrogen-bond acceptors (Lipinski definition) is 6. The summed E-state index contributed by atoms with van der Waals surface area (Å²) in [6.07, 6.45) is 2.78. The van der Waals surface area contributed by atoms with Crippen LogP contribution in [-0.4, -0.2) is 21.7 Å². The van der Waals surface area contributed by atoms with Crippen LogP contribution >= 0.6 is 0 Å². The number of Topliss-reactive ketones (excluding diaryl/α,β-unsaturated/α-hetero) is 1. The number of nitrogens with zero attached hydrogens (tertiary/aromatic N) is 2.